The van der Waals surface area contributed by atoms with E-state index in [0.29, 0.717) is 5.69 Å². The van der Waals surface area contributed by atoms with Crippen molar-refractivity contribution in [2.24, 2.45) is 0 Å². The van der Waals surface area contributed by atoms with E-state index in [9.17, 15) is 18.3 Å². The molecule has 1 aromatic carbocycles. The average Bonchev–Trinajstić information content (AvgIpc) is 2.25. The van der Waals surface area contributed by atoms with Crippen LogP contribution in [-0.4, -0.2) is 10.1 Å². The SMILES string of the molecule is Cc1cc(C(C)O)c2c(C(F)(F)F)cccc2n1. The highest BCUT2D eigenvalue weighted by atomic mass is 19.4. The van der Waals surface area contributed by atoms with Crippen molar-refractivity contribution in [1.82, 2.24) is 4.98 Å². The molecule has 0 aliphatic heterocycles. The van der Waals surface area contributed by atoms with Crippen molar-refractivity contribution < 1.29 is 18.3 Å². The fourth-order valence-electron chi connectivity index (χ4n) is 2.02. The number of halogens is 3. The summed E-state index contributed by atoms with van der Waals surface area (Å²) in [4.78, 5) is 4.08. The van der Waals surface area contributed by atoms with E-state index in [1.807, 2.05) is 0 Å². The Balaban J connectivity index is 2.90. The van der Waals surface area contributed by atoms with Gasteiger partial charge in [-0.1, -0.05) is 6.07 Å². The number of pyridine rings is 1. The van der Waals surface area contributed by atoms with Gasteiger partial charge in [-0.05, 0) is 37.6 Å². The average molecular weight is 255 g/mol. The predicted octanol–water partition coefficient (Wildman–Crippen LogP) is 3.62. The number of aliphatic hydroxyl groups excluding tert-OH is 1. The van der Waals surface area contributed by atoms with Crippen molar-refractivity contribution in [1.29, 1.82) is 0 Å². The largest absolute Gasteiger partial charge is 0.417 e. The molecule has 18 heavy (non-hydrogen) atoms. The summed E-state index contributed by atoms with van der Waals surface area (Å²) in [5.74, 6) is 0. The van der Waals surface area contributed by atoms with E-state index in [1.54, 1.807) is 6.92 Å². The highest BCUT2D eigenvalue weighted by molar-refractivity contribution is 5.86. The van der Waals surface area contributed by atoms with Crippen LogP contribution in [0.2, 0.25) is 0 Å². The predicted molar refractivity (Wildman–Crippen MR) is 62.1 cm³/mol. The van der Waals surface area contributed by atoms with Crippen LogP contribution in [0.1, 0.15) is 29.8 Å². The minimum Gasteiger partial charge on any atom is -0.389 e. The van der Waals surface area contributed by atoms with E-state index in [2.05, 4.69) is 4.98 Å². The van der Waals surface area contributed by atoms with Crippen LogP contribution in [0.5, 0.6) is 0 Å². The number of benzene rings is 1. The normalized spacial score (nSPS) is 13.9. The van der Waals surface area contributed by atoms with Gasteiger partial charge in [0, 0.05) is 11.1 Å². The first kappa shape index (κ1) is 12.8. The first-order valence-corrected chi connectivity index (χ1v) is 5.46. The summed E-state index contributed by atoms with van der Waals surface area (Å²) in [6.07, 6.45) is -5.43. The molecule has 2 rings (SSSR count). The van der Waals surface area contributed by atoms with E-state index in [1.165, 1.54) is 25.1 Å². The smallest absolute Gasteiger partial charge is 0.389 e. The molecule has 0 saturated carbocycles. The first-order chi connectivity index (χ1) is 8.30. The zero-order chi connectivity index (χ0) is 13.5. The lowest BCUT2D eigenvalue weighted by molar-refractivity contribution is -0.136. The molecule has 1 N–H and O–H groups in total. The molecule has 1 aromatic heterocycles. The summed E-state index contributed by atoms with van der Waals surface area (Å²) in [5, 5.41) is 9.62. The zero-order valence-corrected chi connectivity index (χ0v) is 9.92. The van der Waals surface area contributed by atoms with Crippen LogP contribution in [0.15, 0.2) is 24.3 Å². The highest BCUT2D eigenvalue weighted by Gasteiger charge is 2.33. The van der Waals surface area contributed by atoms with Crippen molar-refractivity contribution in [3.8, 4) is 0 Å². The Bertz CT molecular complexity index is 591. The monoisotopic (exact) mass is 255 g/mol. The third kappa shape index (κ3) is 2.18. The number of hydrogen-bond donors (Lipinski definition) is 1. The maximum Gasteiger partial charge on any atom is 0.417 e. The molecule has 0 spiro atoms. The topological polar surface area (TPSA) is 33.1 Å². The molecule has 2 nitrogen and oxygen atoms in total. The van der Waals surface area contributed by atoms with Crippen LogP contribution in [0, 0.1) is 6.92 Å². The maximum absolute atomic E-state index is 13.0. The molecule has 0 bridgehead atoms. The zero-order valence-electron chi connectivity index (χ0n) is 9.92. The van der Waals surface area contributed by atoms with Crippen molar-refractivity contribution in [2.75, 3.05) is 0 Å². The van der Waals surface area contributed by atoms with E-state index in [4.69, 9.17) is 0 Å². The van der Waals surface area contributed by atoms with E-state index in [0.717, 1.165) is 6.07 Å². The van der Waals surface area contributed by atoms with Gasteiger partial charge in [-0.25, -0.2) is 0 Å². The lowest BCUT2D eigenvalue weighted by Crippen LogP contribution is -2.08. The molecule has 1 atom stereocenters. The Morgan fingerprint density at radius 2 is 1.94 bits per heavy atom. The molecule has 0 radical (unpaired) electrons. The summed E-state index contributed by atoms with van der Waals surface area (Å²) in [5.41, 5.74) is 0.326. The number of fused-ring (bicyclic) bond motifs is 1. The first-order valence-electron chi connectivity index (χ1n) is 5.46. The molecule has 0 aliphatic rings. The molecule has 96 valence electrons. The molecule has 5 heteroatoms. The molecule has 1 heterocycles. The van der Waals surface area contributed by atoms with Crippen LogP contribution in [0.3, 0.4) is 0 Å². The third-order valence-corrected chi connectivity index (χ3v) is 2.75. The van der Waals surface area contributed by atoms with Crippen molar-refractivity contribution in [3.63, 3.8) is 0 Å². The van der Waals surface area contributed by atoms with Crippen molar-refractivity contribution in [3.05, 3.63) is 41.1 Å². The molecular formula is C13H12F3NO. The van der Waals surface area contributed by atoms with Gasteiger partial charge in [0.1, 0.15) is 0 Å². The number of aliphatic hydroxyl groups is 1. The summed E-state index contributed by atoms with van der Waals surface area (Å²) in [6.45, 7) is 3.13. The van der Waals surface area contributed by atoms with Gasteiger partial charge in [0.25, 0.3) is 0 Å². The summed E-state index contributed by atoms with van der Waals surface area (Å²) >= 11 is 0. The number of hydrogen-bond acceptors (Lipinski definition) is 2. The van der Waals surface area contributed by atoms with E-state index in [-0.39, 0.29) is 16.5 Å². The van der Waals surface area contributed by atoms with Gasteiger partial charge in [-0.2, -0.15) is 13.2 Å². The molecule has 2 aromatic rings. The Hall–Kier alpha value is -1.62. The van der Waals surface area contributed by atoms with Gasteiger partial charge < -0.3 is 5.11 Å². The fourth-order valence-corrected chi connectivity index (χ4v) is 2.02. The van der Waals surface area contributed by atoms with Crippen LogP contribution in [0.4, 0.5) is 13.2 Å². The highest BCUT2D eigenvalue weighted by Crippen LogP contribution is 2.37. The Labute approximate surface area is 102 Å². The lowest BCUT2D eigenvalue weighted by atomic mass is 9.98. The van der Waals surface area contributed by atoms with E-state index >= 15 is 0 Å². The van der Waals surface area contributed by atoms with Crippen molar-refractivity contribution >= 4 is 10.9 Å². The Kier molecular flexibility index (Phi) is 3.02. The number of alkyl halides is 3. The second-order valence-electron chi connectivity index (χ2n) is 4.23. The minimum absolute atomic E-state index is 0.0226. The summed E-state index contributed by atoms with van der Waals surface area (Å²) in [6, 6.07) is 5.33. The van der Waals surface area contributed by atoms with Crippen LogP contribution in [-0.2, 0) is 6.18 Å². The second kappa shape index (κ2) is 4.24. The molecule has 0 amide bonds. The number of nitrogens with zero attached hydrogens (tertiary/aromatic N) is 1. The number of aromatic nitrogens is 1. The van der Waals surface area contributed by atoms with Crippen LogP contribution in [0.25, 0.3) is 10.9 Å². The Morgan fingerprint density at radius 3 is 2.50 bits per heavy atom. The van der Waals surface area contributed by atoms with Gasteiger partial charge in [-0.3, -0.25) is 4.98 Å². The summed E-state index contributed by atoms with van der Waals surface area (Å²) in [7, 11) is 0. The standard InChI is InChI=1S/C13H12F3NO/c1-7-6-9(8(2)18)12-10(13(14,15)16)4-3-5-11(12)17-7/h3-6,8,18H,1-2H3. The van der Waals surface area contributed by atoms with Crippen LogP contribution >= 0.6 is 0 Å². The van der Waals surface area contributed by atoms with Gasteiger partial charge in [0.2, 0.25) is 0 Å². The number of rotatable bonds is 1. The molecular weight excluding hydrogens is 243 g/mol. The van der Waals surface area contributed by atoms with Crippen LogP contribution < -0.4 is 0 Å². The van der Waals surface area contributed by atoms with Gasteiger partial charge in [0.15, 0.2) is 0 Å². The molecule has 1 unspecified atom stereocenters. The van der Waals surface area contributed by atoms with Gasteiger partial charge in [-0.15, -0.1) is 0 Å². The molecule has 0 saturated heterocycles. The molecule has 0 aliphatic carbocycles. The van der Waals surface area contributed by atoms with Gasteiger partial charge >= 0.3 is 6.18 Å². The summed E-state index contributed by atoms with van der Waals surface area (Å²) < 4.78 is 38.9. The van der Waals surface area contributed by atoms with E-state index < -0.39 is 17.8 Å². The third-order valence-electron chi connectivity index (χ3n) is 2.75. The Morgan fingerprint density at radius 1 is 1.28 bits per heavy atom. The van der Waals surface area contributed by atoms with Crippen molar-refractivity contribution in [2.45, 2.75) is 26.1 Å². The maximum atomic E-state index is 13.0. The van der Waals surface area contributed by atoms with Gasteiger partial charge in [0.05, 0.1) is 17.2 Å². The fraction of sp³-hybridized carbons (Fsp3) is 0.308. The minimum atomic E-state index is -4.46. The lowest BCUT2D eigenvalue weighted by Gasteiger charge is -2.15. The quantitative estimate of drug-likeness (QED) is 0.844. The molecule has 0 fully saturated rings. The second-order valence-corrected chi connectivity index (χ2v) is 4.23. The number of aryl methyl sites for hydroxylation is 1.